The van der Waals surface area contributed by atoms with Crippen LogP contribution in [0.3, 0.4) is 0 Å². The first kappa shape index (κ1) is 24.8. The topological polar surface area (TPSA) is 51.6 Å². The largest absolute Gasteiger partial charge is 0.228 e. The third-order valence-electron chi connectivity index (χ3n) is 8.45. The van der Waals surface area contributed by atoms with Crippen LogP contribution in [0.2, 0.25) is 0 Å². The lowest BCUT2D eigenvalue weighted by atomic mass is 9.99. The van der Waals surface area contributed by atoms with Gasteiger partial charge in [-0.3, -0.25) is 0 Å². The lowest BCUT2D eigenvalue weighted by Gasteiger charge is -2.11. The third kappa shape index (κ3) is 5.56. The van der Waals surface area contributed by atoms with Crippen LogP contribution in [0.1, 0.15) is 5.48 Å². The van der Waals surface area contributed by atoms with Gasteiger partial charge in [0, 0.05) is 37.9 Å². The Morgan fingerprint density at radius 2 is 0.959 bits per heavy atom. The standard InChI is InChI=1S/C44H28N4S/c1-4-14-29(15-5-1)37-28-38(46-43(45-37)31-18-8-3-9-19-31)34-22-12-20-32(26-34)33-21-13-23-35(27-33)44-47-40(30-16-6-2-7-17-30)42-41(48-44)36-24-10-11-25-39(36)49-42/h1-28H/i10D,11D,24D,25D. The SMILES string of the molecule is [2H]c1c([2H])c([2H])c2c(sc3c(-c4ccccc4)nc(-c4cccc(-c5cccc(-c6cc(-c7ccccc7)nc(-c7ccccc7)n6)c5)c4)nc32)c1[2H]. The highest BCUT2D eigenvalue weighted by Gasteiger charge is 2.17. The van der Waals surface area contributed by atoms with E-state index in [0.29, 0.717) is 32.9 Å². The molecule has 3 aromatic heterocycles. The van der Waals surface area contributed by atoms with Gasteiger partial charge in [-0.2, -0.15) is 0 Å². The zero-order valence-electron chi connectivity index (χ0n) is 30.1. The van der Waals surface area contributed by atoms with Gasteiger partial charge in [-0.25, -0.2) is 19.9 Å². The predicted molar refractivity (Wildman–Crippen MR) is 203 cm³/mol. The molecule has 0 aliphatic carbocycles. The molecule has 0 unspecified atom stereocenters. The summed E-state index contributed by atoms with van der Waals surface area (Å²) in [6.07, 6.45) is 0. The number of hydrogen-bond acceptors (Lipinski definition) is 5. The first-order valence-electron chi connectivity index (χ1n) is 17.9. The van der Waals surface area contributed by atoms with Crippen molar-refractivity contribution < 1.29 is 5.48 Å². The van der Waals surface area contributed by atoms with E-state index in [1.165, 1.54) is 11.3 Å². The van der Waals surface area contributed by atoms with Crippen LogP contribution in [-0.2, 0) is 0 Å². The fourth-order valence-corrected chi connectivity index (χ4v) is 7.11. The van der Waals surface area contributed by atoms with Gasteiger partial charge in [0.25, 0.3) is 0 Å². The first-order chi connectivity index (χ1) is 25.9. The lowest BCUT2D eigenvalue weighted by molar-refractivity contribution is 1.18. The maximum absolute atomic E-state index is 8.78. The molecule has 0 spiro atoms. The Kier molecular flexibility index (Phi) is 6.27. The molecular formula is C44H28N4S. The van der Waals surface area contributed by atoms with Crippen molar-refractivity contribution in [1.29, 1.82) is 0 Å². The van der Waals surface area contributed by atoms with E-state index in [1.54, 1.807) is 0 Å². The summed E-state index contributed by atoms with van der Waals surface area (Å²) < 4.78 is 35.3. The van der Waals surface area contributed by atoms with E-state index in [-0.39, 0.29) is 24.2 Å². The third-order valence-corrected chi connectivity index (χ3v) is 9.55. The molecule has 0 bridgehead atoms. The molecule has 0 fully saturated rings. The van der Waals surface area contributed by atoms with Crippen LogP contribution >= 0.6 is 11.3 Å². The molecule has 0 radical (unpaired) electrons. The molecule has 49 heavy (non-hydrogen) atoms. The van der Waals surface area contributed by atoms with Gasteiger partial charge in [-0.05, 0) is 35.4 Å². The van der Waals surface area contributed by atoms with Crippen LogP contribution < -0.4 is 0 Å². The minimum atomic E-state index is -0.277. The molecule has 9 rings (SSSR count). The molecule has 0 amide bonds. The van der Waals surface area contributed by atoms with Gasteiger partial charge in [0.15, 0.2) is 11.6 Å². The lowest BCUT2D eigenvalue weighted by Crippen LogP contribution is -1.96. The van der Waals surface area contributed by atoms with Gasteiger partial charge in [-0.1, -0.05) is 146 Å². The van der Waals surface area contributed by atoms with Crippen molar-refractivity contribution in [3.8, 4) is 67.7 Å². The minimum absolute atomic E-state index is 0.0677. The van der Waals surface area contributed by atoms with E-state index in [9.17, 15) is 0 Å². The number of nitrogens with zero attached hydrogens (tertiary/aromatic N) is 4. The molecule has 0 saturated heterocycles. The van der Waals surface area contributed by atoms with Gasteiger partial charge in [0.1, 0.15) is 0 Å². The Balaban J connectivity index is 1.18. The molecule has 5 heteroatoms. The van der Waals surface area contributed by atoms with Gasteiger partial charge in [0.2, 0.25) is 0 Å². The molecular weight excluding hydrogens is 617 g/mol. The summed E-state index contributed by atoms with van der Waals surface area (Å²) in [6, 6.07) is 47.6. The van der Waals surface area contributed by atoms with Crippen LogP contribution in [0.25, 0.3) is 88.0 Å². The summed E-state index contributed by atoms with van der Waals surface area (Å²) in [5.74, 6) is 1.12. The molecule has 0 aliphatic heterocycles. The summed E-state index contributed by atoms with van der Waals surface area (Å²) in [6.45, 7) is 0. The molecule has 6 aromatic carbocycles. The van der Waals surface area contributed by atoms with Gasteiger partial charge in [-0.15, -0.1) is 11.3 Å². The van der Waals surface area contributed by atoms with Crippen molar-refractivity contribution in [3.63, 3.8) is 0 Å². The van der Waals surface area contributed by atoms with Crippen molar-refractivity contribution >= 4 is 31.6 Å². The Hall–Kier alpha value is -6.30. The van der Waals surface area contributed by atoms with Crippen molar-refractivity contribution in [2.24, 2.45) is 0 Å². The average Bonchev–Trinajstić information content (AvgIpc) is 3.62. The van der Waals surface area contributed by atoms with Crippen molar-refractivity contribution in [2.45, 2.75) is 0 Å². The zero-order valence-corrected chi connectivity index (χ0v) is 26.9. The van der Waals surface area contributed by atoms with Crippen LogP contribution in [-0.4, -0.2) is 19.9 Å². The second-order valence-electron chi connectivity index (χ2n) is 11.6. The van der Waals surface area contributed by atoms with Crippen LogP contribution in [0, 0.1) is 0 Å². The smallest absolute Gasteiger partial charge is 0.160 e. The number of aromatic nitrogens is 4. The van der Waals surface area contributed by atoms with E-state index in [0.717, 1.165) is 55.0 Å². The van der Waals surface area contributed by atoms with E-state index in [4.69, 9.17) is 25.4 Å². The van der Waals surface area contributed by atoms with Crippen molar-refractivity contribution in [1.82, 2.24) is 19.9 Å². The highest BCUT2D eigenvalue weighted by atomic mass is 32.1. The fourth-order valence-electron chi connectivity index (χ4n) is 6.05. The summed E-state index contributed by atoms with van der Waals surface area (Å²) in [7, 11) is 0. The Morgan fingerprint density at radius 3 is 1.67 bits per heavy atom. The monoisotopic (exact) mass is 648 g/mol. The second-order valence-corrected chi connectivity index (χ2v) is 12.6. The van der Waals surface area contributed by atoms with Gasteiger partial charge >= 0.3 is 0 Å². The van der Waals surface area contributed by atoms with E-state index in [2.05, 4.69) is 42.5 Å². The Bertz CT molecular complexity index is 2770. The predicted octanol–water partition coefficient (Wildman–Crippen LogP) is 11.6. The number of thiophene rings is 1. The number of fused-ring (bicyclic) bond motifs is 3. The number of rotatable bonds is 6. The maximum atomic E-state index is 8.78. The Labute approximate surface area is 293 Å². The quantitative estimate of drug-likeness (QED) is 0.180. The van der Waals surface area contributed by atoms with Crippen LogP contribution in [0.4, 0.5) is 0 Å². The molecule has 3 heterocycles. The molecule has 4 nitrogen and oxygen atoms in total. The normalized spacial score (nSPS) is 12.4. The average molecular weight is 649 g/mol. The molecule has 230 valence electrons. The molecule has 9 aromatic rings. The van der Waals surface area contributed by atoms with Gasteiger partial charge in [0.05, 0.1) is 32.8 Å². The summed E-state index contributed by atoms with van der Waals surface area (Å²) >= 11 is 1.30. The number of hydrogen-bond donors (Lipinski definition) is 0. The van der Waals surface area contributed by atoms with E-state index in [1.807, 2.05) is 103 Å². The van der Waals surface area contributed by atoms with Gasteiger partial charge < -0.3 is 0 Å². The van der Waals surface area contributed by atoms with Crippen LogP contribution in [0.5, 0.6) is 0 Å². The van der Waals surface area contributed by atoms with E-state index >= 15 is 0 Å². The highest BCUT2D eigenvalue weighted by Crippen LogP contribution is 2.40. The minimum Gasteiger partial charge on any atom is -0.228 e. The summed E-state index contributed by atoms with van der Waals surface area (Å²) in [5.41, 5.74) is 9.37. The molecule has 0 aliphatic rings. The summed E-state index contributed by atoms with van der Waals surface area (Å²) in [4.78, 5) is 20.1. The highest BCUT2D eigenvalue weighted by molar-refractivity contribution is 7.26. The molecule has 0 atom stereocenters. The molecule has 0 N–H and O–H groups in total. The van der Waals surface area contributed by atoms with E-state index < -0.39 is 0 Å². The zero-order chi connectivity index (χ0) is 36.1. The maximum Gasteiger partial charge on any atom is 0.160 e. The summed E-state index contributed by atoms with van der Waals surface area (Å²) in [5, 5.41) is 0.412. The fraction of sp³-hybridized carbons (Fsp3) is 0. The Morgan fingerprint density at radius 1 is 0.429 bits per heavy atom. The number of benzene rings is 6. The van der Waals surface area contributed by atoms with Crippen molar-refractivity contribution in [2.75, 3.05) is 0 Å². The molecule has 0 saturated carbocycles. The second kappa shape index (κ2) is 12.4. The van der Waals surface area contributed by atoms with Crippen molar-refractivity contribution in [3.05, 3.63) is 170 Å². The van der Waals surface area contributed by atoms with Crippen LogP contribution in [0.15, 0.2) is 170 Å². The first-order valence-corrected chi connectivity index (χ1v) is 16.7.